The zero-order valence-electron chi connectivity index (χ0n) is 15.5. The molecule has 2 aromatic carbocycles. The van der Waals surface area contributed by atoms with Crippen molar-refractivity contribution in [3.63, 3.8) is 0 Å². The number of nitrogens with zero attached hydrogens (tertiary/aromatic N) is 2. The smallest absolute Gasteiger partial charge is 0.262 e. The summed E-state index contributed by atoms with van der Waals surface area (Å²) in [5.74, 6) is -0.508. The van der Waals surface area contributed by atoms with E-state index in [1.54, 1.807) is 23.6 Å². The molecule has 3 rings (SSSR count). The Labute approximate surface area is 161 Å². The van der Waals surface area contributed by atoms with E-state index in [0.29, 0.717) is 21.6 Å². The Kier molecular flexibility index (Phi) is 5.75. The van der Waals surface area contributed by atoms with Crippen molar-refractivity contribution >= 4 is 28.4 Å². The zero-order valence-corrected chi connectivity index (χ0v) is 16.3. The first-order chi connectivity index (χ1) is 12.9. The molecular formula is C21H21FN2O2S. The molecule has 0 saturated heterocycles. The van der Waals surface area contributed by atoms with Crippen LogP contribution in [-0.4, -0.2) is 20.6 Å². The summed E-state index contributed by atoms with van der Waals surface area (Å²) in [4.78, 5) is 30.3. The van der Waals surface area contributed by atoms with Gasteiger partial charge in [-0.1, -0.05) is 30.8 Å². The van der Waals surface area contributed by atoms with Gasteiger partial charge in [-0.2, -0.15) is 0 Å². The Balaban J connectivity index is 2.01. The van der Waals surface area contributed by atoms with Crippen molar-refractivity contribution in [1.29, 1.82) is 0 Å². The molecule has 0 radical (unpaired) electrons. The van der Waals surface area contributed by atoms with E-state index in [9.17, 15) is 14.0 Å². The molecule has 2 atom stereocenters. The molecule has 0 unspecified atom stereocenters. The average molecular weight is 384 g/mol. The number of hydrogen-bond donors (Lipinski definition) is 0. The lowest BCUT2D eigenvalue weighted by atomic mass is 10.1. The SMILES string of the molecule is CC[C@H](C)n1c(S[C@@H](C)C(=O)c2ccc(F)cc2)nc2ccccc2c1=O. The predicted molar refractivity (Wildman–Crippen MR) is 107 cm³/mol. The number of hydrogen-bond acceptors (Lipinski definition) is 4. The third-order valence-corrected chi connectivity index (χ3v) is 5.65. The summed E-state index contributed by atoms with van der Waals surface area (Å²) in [6, 6.07) is 12.7. The molecule has 3 aromatic rings. The van der Waals surface area contributed by atoms with Crippen LogP contribution < -0.4 is 5.56 Å². The van der Waals surface area contributed by atoms with E-state index in [2.05, 4.69) is 4.98 Å². The van der Waals surface area contributed by atoms with Crippen LogP contribution in [0.4, 0.5) is 4.39 Å². The number of carbonyl (C=O) groups is 1. The number of Topliss-reactive ketones (excluding diaryl/α,β-unsaturated/α-hetero) is 1. The van der Waals surface area contributed by atoms with Gasteiger partial charge in [0.2, 0.25) is 0 Å². The van der Waals surface area contributed by atoms with E-state index in [1.807, 2.05) is 26.0 Å². The van der Waals surface area contributed by atoms with Crippen LogP contribution in [0.2, 0.25) is 0 Å². The maximum atomic E-state index is 13.1. The van der Waals surface area contributed by atoms with Crippen molar-refractivity contribution in [3.05, 3.63) is 70.3 Å². The fraction of sp³-hybridized carbons (Fsp3) is 0.286. The molecule has 0 amide bonds. The van der Waals surface area contributed by atoms with Gasteiger partial charge in [0.25, 0.3) is 5.56 Å². The summed E-state index contributed by atoms with van der Waals surface area (Å²) in [6.07, 6.45) is 0.772. The molecule has 27 heavy (non-hydrogen) atoms. The highest BCUT2D eigenvalue weighted by molar-refractivity contribution is 8.00. The minimum absolute atomic E-state index is 0.0368. The predicted octanol–water partition coefficient (Wildman–Crippen LogP) is 4.87. The molecule has 0 aliphatic carbocycles. The summed E-state index contributed by atoms with van der Waals surface area (Å²) in [6.45, 7) is 5.75. The third-order valence-electron chi connectivity index (χ3n) is 4.59. The van der Waals surface area contributed by atoms with E-state index in [4.69, 9.17) is 0 Å². The van der Waals surface area contributed by atoms with Crippen LogP contribution in [0, 0.1) is 5.82 Å². The molecule has 140 valence electrons. The molecule has 0 aliphatic heterocycles. The molecule has 0 bridgehead atoms. The molecule has 4 nitrogen and oxygen atoms in total. The Hall–Kier alpha value is -2.47. The fourth-order valence-electron chi connectivity index (χ4n) is 2.84. The highest BCUT2D eigenvalue weighted by Gasteiger charge is 2.22. The van der Waals surface area contributed by atoms with Crippen molar-refractivity contribution in [2.75, 3.05) is 0 Å². The van der Waals surface area contributed by atoms with E-state index >= 15 is 0 Å². The number of aromatic nitrogens is 2. The standard InChI is InChI=1S/C21H21FN2O2S/c1-4-13(2)24-20(26)17-7-5-6-8-18(17)23-21(24)27-14(3)19(25)15-9-11-16(22)12-10-15/h5-14H,4H2,1-3H3/t13-,14-/m0/s1. The van der Waals surface area contributed by atoms with Gasteiger partial charge in [-0.25, -0.2) is 9.37 Å². The van der Waals surface area contributed by atoms with E-state index < -0.39 is 5.25 Å². The monoisotopic (exact) mass is 384 g/mol. The highest BCUT2D eigenvalue weighted by atomic mass is 32.2. The number of carbonyl (C=O) groups excluding carboxylic acids is 1. The van der Waals surface area contributed by atoms with Gasteiger partial charge < -0.3 is 0 Å². The van der Waals surface area contributed by atoms with Crippen molar-refractivity contribution in [2.45, 2.75) is 43.6 Å². The van der Waals surface area contributed by atoms with E-state index in [0.717, 1.165) is 6.42 Å². The topological polar surface area (TPSA) is 52.0 Å². The van der Waals surface area contributed by atoms with Crippen LogP contribution in [0.15, 0.2) is 58.5 Å². The maximum Gasteiger partial charge on any atom is 0.262 e. The van der Waals surface area contributed by atoms with Crippen molar-refractivity contribution < 1.29 is 9.18 Å². The van der Waals surface area contributed by atoms with Gasteiger partial charge in [0.1, 0.15) is 5.82 Å². The molecular weight excluding hydrogens is 363 g/mol. The number of thioether (sulfide) groups is 1. The van der Waals surface area contributed by atoms with Gasteiger partial charge in [-0.05, 0) is 56.7 Å². The molecule has 0 N–H and O–H groups in total. The van der Waals surface area contributed by atoms with E-state index in [-0.39, 0.29) is 23.2 Å². The number of halogens is 1. The lowest BCUT2D eigenvalue weighted by Crippen LogP contribution is -2.27. The molecule has 0 aliphatic rings. The van der Waals surface area contributed by atoms with Crippen LogP contribution in [0.1, 0.15) is 43.6 Å². The van der Waals surface area contributed by atoms with Gasteiger partial charge in [-0.15, -0.1) is 0 Å². The molecule has 0 spiro atoms. The molecule has 1 heterocycles. The molecule has 1 aromatic heterocycles. The number of para-hydroxylation sites is 1. The quantitative estimate of drug-likeness (QED) is 0.346. The normalized spacial score (nSPS) is 13.5. The summed E-state index contributed by atoms with van der Waals surface area (Å²) < 4.78 is 14.8. The summed E-state index contributed by atoms with van der Waals surface area (Å²) in [5, 5.41) is 0.634. The first kappa shape index (κ1) is 19.3. The van der Waals surface area contributed by atoms with Gasteiger partial charge in [-0.3, -0.25) is 14.2 Å². The van der Waals surface area contributed by atoms with E-state index in [1.165, 1.54) is 36.0 Å². The van der Waals surface area contributed by atoms with Crippen molar-refractivity contribution in [2.24, 2.45) is 0 Å². The maximum absolute atomic E-state index is 13.1. The van der Waals surface area contributed by atoms with Crippen LogP contribution in [0.3, 0.4) is 0 Å². The van der Waals surface area contributed by atoms with Crippen molar-refractivity contribution in [3.8, 4) is 0 Å². The first-order valence-corrected chi connectivity index (χ1v) is 9.78. The third kappa shape index (κ3) is 3.95. The fourth-order valence-corrected chi connectivity index (χ4v) is 3.93. The zero-order chi connectivity index (χ0) is 19.6. The second kappa shape index (κ2) is 8.05. The number of rotatable bonds is 6. The average Bonchev–Trinajstić information content (AvgIpc) is 2.67. The Bertz CT molecular complexity index is 1030. The minimum atomic E-state index is -0.459. The molecule has 0 fully saturated rings. The summed E-state index contributed by atoms with van der Waals surface area (Å²) in [5.41, 5.74) is 0.958. The Morgan fingerprint density at radius 2 is 1.81 bits per heavy atom. The number of fused-ring (bicyclic) bond motifs is 1. The Morgan fingerprint density at radius 3 is 2.48 bits per heavy atom. The lowest BCUT2D eigenvalue weighted by molar-refractivity contribution is 0.0993. The Morgan fingerprint density at radius 1 is 1.15 bits per heavy atom. The van der Waals surface area contributed by atoms with Crippen LogP contribution >= 0.6 is 11.8 Å². The van der Waals surface area contributed by atoms with Gasteiger partial charge in [0, 0.05) is 11.6 Å². The van der Waals surface area contributed by atoms with Gasteiger partial charge >= 0.3 is 0 Å². The van der Waals surface area contributed by atoms with Gasteiger partial charge in [0.15, 0.2) is 10.9 Å². The number of benzene rings is 2. The lowest BCUT2D eigenvalue weighted by Gasteiger charge is -2.20. The van der Waals surface area contributed by atoms with Crippen LogP contribution in [-0.2, 0) is 0 Å². The van der Waals surface area contributed by atoms with Crippen LogP contribution in [0.25, 0.3) is 10.9 Å². The van der Waals surface area contributed by atoms with Gasteiger partial charge in [0.05, 0.1) is 16.2 Å². The number of ketones is 1. The minimum Gasteiger partial charge on any atom is -0.293 e. The first-order valence-electron chi connectivity index (χ1n) is 8.90. The second-order valence-corrected chi connectivity index (χ2v) is 7.78. The molecule has 6 heteroatoms. The summed E-state index contributed by atoms with van der Waals surface area (Å²) >= 11 is 1.26. The molecule has 0 saturated carbocycles. The largest absolute Gasteiger partial charge is 0.293 e. The van der Waals surface area contributed by atoms with Crippen LogP contribution in [0.5, 0.6) is 0 Å². The summed E-state index contributed by atoms with van der Waals surface area (Å²) in [7, 11) is 0. The highest BCUT2D eigenvalue weighted by Crippen LogP contribution is 2.27. The second-order valence-electron chi connectivity index (χ2n) is 6.48. The van der Waals surface area contributed by atoms with Crippen molar-refractivity contribution in [1.82, 2.24) is 9.55 Å².